The normalized spacial score (nSPS) is 11.6. The van der Waals surface area contributed by atoms with Gasteiger partial charge in [0.25, 0.3) is 0 Å². The summed E-state index contributed by atoms with van der Waals surface area (Å²) in [5, 5.41) is 4.51. The van der Waals surface area contributed by atoms with Crippen LogP contribution < -0.4 is 5.14 Å². The van der Waals surface area contributed by atoms with Crippen molar-refractivity contribution in [1.82, 2.24) is 0 Å². The molecule has 0 saturated carbocycles. The molecule has 70 valence electrons. The number of primary sulfonamides is 1. The summed E-state index contributed by atoms with van der Waals surface area (Å²) in [5.74, 6) is 0.0208. The minimum absolute atomic E-state index is 0.0208. The van der Waals surface area contributed by atoms with Gasteiger partial charge in [-0.05, 0) is 6.92 Å². The summed E-state index contributed by atoms with van der Waals surface area (Å²) >= 11 is 0. The summed E-state index contributed by atoms with van der Waals surface area (Å²) in [7, 11) is -7.83. The van der Waals surface area contributed by atoms with E-state index in [1.807, 2.05) is 0 Å². The summed E-state index contributed by atoms with van der Waals surface area (Å²) in [6, 6.07) is 0. The van der Waals surface area contributed by atoms with Crippen LogP contribution in [0.1, 0.15) is 6.92 Å². The van der Waals surface area contributed by atoms with Crippen molar-refractivity contribution in [2.45, 2.75) is 6.92 Å². The van der Waals surface area contributed by atoms with E-state index in [9.17, 15) is 8.42 Å². The van der Waals surface area contributed by atoms with Crippen LogP contribution >= 0.6 is 0 Å². The molecule has 7 nitrogen and oxygen atoms in total. The second-order valence-electron chi connectivity index (χ2n) is 1.40. The van der Waals surface area contributed by atoms with Gasteiger partial charge in [-0.3, -0.25) is 9.11 Å². The molecule has 0 aromatic carbocycles. The first kappa shape index (κ1) is 13.4. The molecule has 0 unspecified atom stereocenters. The molecule has 4 N–H and O–H groups in total. The zero-order chi connectivity index (χ0) is 9.71. The molecule has 0 radical (unpaired) electrons. The maximum atomic E-state index is 9.78. The first-order valence-corrected chi connectivity index (χ1v) is 5.38. The molecular weight excluding hydrogens is 198 g/mol. The molecule has 9 heteroatoms. The van der Waals surface area contributed by atoms with Crippen LogP contribution in [0.2, 0.25) is 0 Å². The fraction of sp³-hybridized carbons (Fsp3) is 1.00. The highest BCUT2D eigenvalue weighted by molar-refractivity contribution is 7.89. The topological polar surface area (TPSA) is 135 Å². The Morgan fingerprint density at radius 2 is 1.27 bits per heavy atom. The Bertz CT molecular complexity index is 266. The Morgan fingerprint density at radius 1 is 1.18 bits per heavy atom. The smallest absolute Gasteiger partial charge is 0.264 e. The maximum Gasteiger partial charge on any atom is 0.394 e. The van der Waals surface area contributed by atoms with Crippen molar-refractivity contribution in [3.8, 4) is 0 Å². The Kier molecular flexibility index (Phi) is 5.61. The Labute approximate surface area is 64.8 Å². The van der Waals surface area contributed by atoms with Gasteiger partial charge in [0.05, 0.1) is 5.75 Å². The number of nitrogens with two attached hydrogens (primary N) is 1. The van der Waals surface area contributed by atoms with Gasteiger partial charge in [0.15, 0.2) is 0 Å². The van der Waals surface area contributed by atoms with E-state index in [0.29, 0.717) is 0 Å². The number of sulfonamides is 1. The van der Waals surface area contributed by atoms with Crippen molar-refractivity contribution in [2.75, 3.05) is 5.75 Å². The monoisotopic (exact) mass is 207 g/mol. The lowest BCUT2D eigenvalue weighted by atomic mass is 11.0. The molecule has 0 spiro atoms. The number of hydrogen-bond acceptors (Lipinski definition) is 4. The average molecular weight is 207 g/mol. The largest absolute Gasteiger partial charge is 0.394 e. The molecule has 0 heterocycles. The minimum Gasteiger partial charge on any atom is -0.264 e. The lowest BCUT2D eigenvalue weighted by Gasteiger charge is -1.81. The van der Waals surface area contributed by atoms with Crippen molar-refractivity contribution in [3.63, 3.8) is 0 Å². The fourth-order valence-corrected chi connectivity index (χ4v) is 0. The molecule has 0 rings (SSSR count). The summed E-state index contributed by atoms with van der Waals surface area (Å²) < 4.78 is 51.1. The Hall–Kier alpha value is -0.220. The molecule has 0 aliphatic heterocycles. The molecule has 0 saturated heterocycles. The summed E-state index contributed by atoms with van der Waals surface area (Å²) in [5.41, 5.74) is 0. The molecule has 0 atom stereocenters. The fourth-order valence-electron chi connectivity index (χ4n) is 0. The first-order chi connectivity index (χ1) is 4.56. The van der Waals surface area contributed by atoms with E-state index in [-0.39, 0.29) is 5.75 Å². The molecule has 0 fully saturated rings. The van der Waals surface area contributed by atoms with Gasteiger partial charge in [0, 0.05) is 0 Å². The van der Waals surface area contributed by atoms with Crippen LogP contribution in [0.3, 0.4) is 0 Å². The van der Waals surface area contributed by atoms with Crippen LogP contribution in [-0.4, -0.2) is 31.7 Å². The summed E-state index contributed by atoms with van der Waals surface area (Å²) in [4.78, 5) is 0. The molecule has 0 aromatic rings. The summed E-state index contributed by atoms with van der Waals surface area (Å²) in [6.45, 7) is 1.50. The van der Waals surface area contributed by atoms with Crippen LogP contribution in [0.15, 0.2) is 0 Å². The van der Waals surface area contributed by atoms with Crippen LogP contribution in [0.4, 0.5) is 0 Å². The van der Waals surface area contributed by atoms with Gasteiger partial charge in [0.1, 0.15) is 0 Å². The first-order valence-electron chi connectivity index (χ1n) is 2.26. The third kappa shape index (κ3) is 76.6. The quantitative estimate of drug-likeness (QED) is 0.454. The van der Waals surface area contributed by atoms with Gasteiger partial charge < -0.3 is 0 Å². The van der Waals surface area contributed by atoms with Crippen LogP contribution in [0.25, 0.3) is 0 Å². The van der Waals surface area contributed by atoms with Crippen molar-refractivity contribution in [2.24, 2.45) is 5.14 Å². The zero-order valence-electron chi connectivity index (χ0n) is 5.63. The highest BCUT2D eigenvalue weighted by Gasteiger charge is 1.90. The van der Waals surface area contributed by atoms with E-state index in [1.165, 1.54) is 6.92 Å². The number of rotatable bonds is 1. The van der Waals surface area contributed by atoms with Gasteiger partial charge in [-0.1, -0.05) is 0 Å². The van der Waals surface area contributed by atoms with Crippen molar-refractivity contribution in [1.29, 1.82) is 0 Å². The van der Waals surface area contributed by atoms with Gasteiger partial charge in [-0.2, -0.15) is 8.42 Å². The predicted molar refractivity (Wildman–Crippen MR) is 37.8 cm³/mol. The minimum atomic E-state index is -4.67. The molecule has 0 aliphatic rings. The Balaban J connectivity index is 0. The van der Waals surface area contributed by atoms with Crippen LogP contribution in [0, 0.1) is 0 Å². The predicted octanol–water partition coefficient (Wildman–Crippen LogP) is -1.36. The third-order valence-corrected chi connectivity index (χ3v) is 1.21. The molecular formula is C2H9NO6S2. The molecule has 0 aromatic heterocycles. The Morgan fingerprint density at radius 3 is 1.27 bits per heavy atom. The van der Waals surface area contributed by atoms with E-state index in [2.05, 4.69) is 5.14 Å². The van der Waals surface area contributed by atoms with E-state index in [4.69, 9.17) is 17.5 Å². The van der Waals surface area contributed by atoms with E-state index >= 15 is 0 Å². The highest BCUT2D eigenvalue weighted by atomic mass is 32.3. The van der Waals surface area contributed by atoms with Crippen LogP contribution in [-0.2, 0) is 20.4 Å². The lowest BCUT2D eigenvalue weighted by Crippen LogP contribution is -2.13. The zero-order valence-corrected chi connectivity index (χ0v) is 7.26. The second kappa shape index (κ2) is 4.62. The van der Waals surface area contributed by atoms with Gasteiger partial charge in [-0.25, -0.2) is 13.6 Å². The summed E-state index contributed by atoms with van der Waals surface area (Å²) in [6.07, 6.45) is 0. The van der Waals surface area contributed by atoms with Crippen molar-refractivity contribution < 1.29 is 25.9 Å². The molecule has 0 aliphatic carbocycles. The maximum absolute atomic E-state index is 9.78. The standard InChI is InChI=1S/C2H7NO2S.H2O4S/c1-2-6(3,4)5;1-5(2,3)4/h2H2,1H3,(H2,3,4,5);(H2,1,2,3,4). The van der Waals surface area contributed by atoms with Crippen molar-refractivity contribution >= 4 is 20.4 Å². The van der Waals surface area contributed by atoms with Crippen molar-refractivity contribution in [3.05, 3.63) is 0 Å². The van der Waals surface area contributed by atoms with Gasteiger partial charge in [0.2, 0.25) is 10.0 Å². The average Bonchev–Trinajstić information content (AvgIpc) is 1.59. The van der Waals surface area contributed by atoms with Gasteiger partial charge >= 0.3 is 10.4 Å². The van der Waals surface area contributed by atoms with Gasteiger partial charge in [-0.15, -0.1) is 0 Å². The molecule has 11 heavy (non-hydrogen) atoms. The van der Waals surface area contributed by atoms with E-state index in [0.717, 1.165) is 0 Å². The lowest BCUT2D eigenvalue weighted by molar-refractivity contribution is 0.381. The van der Waals surface area contributed by atoms with Crippen LogP contribution in [0.5, 0.6) is 0 Å². The molecule has 0 amide bonds. The van der Waals surface area contributed by atoms with E-state index < -0.39 is 20.4 Å². The number of hydrogen-bond donors (Lipinski definition) is 3. The second-order valence-corrected chi connectivity index (χ2v) is 4.20. The van der Waals surface area contributed by atoms with E-state index in [1.54, 1.807) is 0 Å². The highest BCUT2D eigenvalue weighted by Crippen LogP contribution is 1.68. The molecule has 0 bridgehead atoms. The SMILES string of the molecule is CCS(N)(=O)=O.O=S(=O)(O)O. The third-order valence-electron chi connectivity index (χ3n) is 0.402.